The van der Waals surface area contributed by atoms with E-state index in [-0.39, 0.29) is 0 Å². The number of nitrogens with one attached hydrogen (secondary N) is 2. The van der Waals surface area contributed by atoms with Crippen LogP contribution in [0, 0.1) is 0 Å². The van der Waals surface area contributed by atoms with Gasteiger partial charge in [-0.15, -0.1) is 0 Å². The number of benzene rings is 1. The zero-order chi connectivity index (χ0) is 16.2. The third kappa shape index (κ3) is 3.15. The predicted octanol–water partition coefficient (Wildman–Crippen LogP) is 3.26. The fraction of sp³-hybridized carbons (Fsp3) is 0.350. The number of ether oxygens (including phenoxy) is 1. The monoisotopic (exact) mass is 321 g/mol. The largest absolute Gasteiger partial charge is 0.478 e. The number of pyridine rings is 1. The van der Waals surface area contributed by atoms with Gasteiger partial charge in [-0.2, -0.15) is 0 Å². The van der Waals surface area contributed by atoms with Crippen LogP contribution in [0.4, 0.5) is 0 Å². The number of hydrogen-bond donors (Lipinski definition) is 2. The molecule has 3 heterocycles. The van der Waals surface area contributed by atoms with Gasteiger partial charge in [0, 0.05) is 41.8 Å². The van der Waals surface area contributed by atoms with E-state index < -0.39 is 0 Å². The van der Waals surface area contributed by atoms with Crippen LogP contribution in [0.5, 0.6) is 5.88 Å². The van der Waals surface area contributed by atoms with E-state index in [0.717, 1.165) is 38.8 Å². The summed E-state index contributed by atoms with van der Waals surface area (Å²) < 4.78 is 5.72. The first-order chi connectivity index (χ1) is 11.9. The normalized spacial score (nSPS) is 14.3. The van der Waals surface area contributed by atoms with Crippen molar-refractivity contribution < 1.29 is 4.74 Å². The minimum atomic E-state index is 0.696. The van der Waals surface area contributed by atoms with Crippen LogP contribution in [-0.4, -0.2) is 29.7 Å². The van der Waals surface area contributed by atoms with Crippen LogP contribution < -0.4 is 10.1 Å². The number of hydrogen-bond acceptors (Lipinski definition) is 3. The van der Waals surface area contributed by atoms with Crippen LogP contribution in [-0.2, 0) is 19.3 Å². The second-order valence-corrected chi connectivity index (χ2v) is 6.29. The van der Waals surface area contributed by atoms with Crippen LogP contribution in [0.25, 0.3) is 10.9 Å². The Morgan fingerprint density at radius 2 is 2.00 bits per heavy atom. The number of aromatic amines is 1. The molecule has 0 saturated carbocycles. The molecule has 1 aliphatic rings. The lowest BCUT2D eigenvalue weighted by molar-refractivity contribution is 0.299. The second kappa shape index (κ2) is 7.05. The van der Waals surface area contributed by atoms with Crippen LogP contribution >= 0.6 is 0 Å². The van der Waals surface area contributed by atoms with Crippen molar-refractivity contribution in [3.05, 3.63) is 59.4 Å². The fourth-order valence-corrected chi connectivity index (χ4v) is 3.57. The lowest BCUT2D eigenvalue weighted by atomic mass is 9.99. The molecule has 4 rings (SSSR count). The van der Waals surface area contributed by atoms with Crippen molar-refractivity contribution in [2.24, 2.45) is 0 Å². The van der Waals surface area contributed by atoms with Crippen molar-refractivity contribution >= 4 is 10.9 Å². The average molecular weight is 321 g/mol. The highest BCUT2D eigenvalue weighted by Crippen LogP contribution is 2.28. The molecule has 1 aliphatic heterocycles. The van der Waals surface area contributed by atoms with Crippen LogP contribution in [0.15, 0.2) is 42.6 Å². The van der Waals surface area contributed by atoms with Gasteiger partial charge in [0.15, 0.2) is 0 Å². The maximum Gasteiger partial charge on any atom is 0.213 e. The van der Waals surface area contributed by atoms with Crippen LogP contribution in [0.3, 0.4) is 0 Å². The van der Waals surface area contributed by atoms with Gasteiger partial charge in [-0.1, -0.05) is 18.2 Å². The summed E-state index contributed by atoms with van der Waals surface area (Å²) in [5.74, 6) is 0.706. The Balaban J connectivity index is 1.48. The molecule has 0 unspecified atom stereocenters. The predicted molar refractivity (Wildman–Crippen MR) is 96.6 cm³/mol. The summed E-state index contributed by atoms with van der Waals surface area (Å²) >= 11 is 0. The molecule has 4 heteroatoms. The van der Waals surface area contributed by atoms with Crippen molar-refractivity contribution in [3.63, 3.8) is 0 Å². The molecule has 0 saturated heterocycles. The van der Waals surface area contributed by atoms with Crippen molar-refractivity contribution in [1.29, 1.82) is 0 Å². The van der Waals surface area contributed by atoms with Gasteiger partial charge in [-0.05, 0) is 49.1 Å². The van der Waals surface area contributed by atoms with E-state index in [1.54, 1.807) is 6.20 Å². The summed E-state index contributed by atoms with van der Waals surface area (Å²) in [5, 5.41) is 4.93. The molecular weight excluding hydrogens is 298 g/mol. The summed E-state index contributed by atoms with van der Waals surface area (Å²) in [6, 6.07) is 12.4. The molecule has 2 N–H and O–H groups in total. The first-order valence-electron chi connectivity index (χ1n) is 8.78. The number of aromatic nitrogens is 2. The zero-order valence-electron chi connectivity index (χ0n) is 13.8. The molecule has 0 spiro atoms. The van der Waals surface area contributed by atoms with Crippen molar-refractivity contribution in [2.75, 3.05) is 19.7 Å². The Morgan fingerprint density at radius 1 is 1.04 bits per heavy atom. The Kier molecular flexibility index (Phi) is 4.47. The highest BCUT2D eigenvalue weighted by molar-refractivity contribution is 5.88. The summed E-state index contributed by atoms with van der Waals surface area (Å²) in [6.07, 6.45) is 5.98. The molecule has 4 nitrogen and oxygen atoms in total. The molecule has 0 atom stereocenters. The molecule has 0 aliphatic carbocycles. The number of H-pyrrole nitrogens is 1. The summed E-state index contributed by atoms with van der Waals surface area (Å²) in [6.45, 7) is 2.83. The van der Waals surface area contributed by atoms with Gasteiger partial charge >= 0.3 is 0 Å². The highest BCUT2D eigenvalue weighted by atomic mass is 16.5. The smallest absolute Gasteiger partial charge is 0.213 e. The number of aryl methyl sites for hydroxylation is 1. The second-order valence-electron chi connectivity index (χ2n) is 6.29. The average Bonchev–Trinajstić information content (AvgIpc) is 2.82. The van der Waals surface area contributed by atoms with Gasteiger partial charge in [0.2, 0.25) is 5.88 Å². The fourth-order valence-electron chi connectivity index (χ4n) is 3.57. The molecule has 2 aromatic heterocycles. The zero-order valence-corrected chi connectivity index (χ0v) is 13.8. The number of rotatable bonds is 5. The minimum Gasteiger partial charge on any atom is -0.478 e. The maximum atomic E-state index is 5.72. The molecule has 124 valence electrons. The van der Waals surface area contributed by atoms with Gasteiger partial charge < -0.3 is 15.0 Å². The summed E-state index contributed by atoms with van der Waals surface area (Å²) in [5.41, 5.74) is 5.63. The van der Waals surface area contributed by atoms with E-state index >= 15 is 0 Å². The van der Waals surface area contributed by atoms with Crippen LogP contribution in [0.2, 0.25) is 0 Å². The molecule has 0 bridgehead atoms. The molecule has 0 amide bonds. The Labute approximate surface area is 142 Å². The topological polar surface area (TPSA) is 49.9 Å². The molecule has 3 aromatic rings. The Hall–Kier alpha value is -2.33. The molecule has 24 heavy (non-hydrogen) atoms. The third-order valence-electron chi connectivity index (χ3n) is 4.68. The van der Waals surface area contributed by atoms with E-state index in [0.29, 0.717) is 12.5 Å². The standard InChI is InChI=1S/C20H23N3O/c1-2-11-22-19(8-1)24-14-4-6-15-5-3-7-18-20(15)16-9-12-21-13-10-17(16)23-18/h1-3,5,7-8,11,21,23H,4,6,9-10,12-14H2. The van der Waals surface area contributed by atoms with Crippen molar-refractivity contribution in [1.82, 2.24) is 15.3 Å². The number of fused-ring (bicyclic) bond motifs is 3. The van der Waals surface area contributed by atoms with Crippen molar-refractivity contribution in [3.8, 4) is 5.88 Å². The SMILES string of the molecule is c1ccc(OCCCc2cccc3[nH]c4c(c23)CCNCC4)nc1. The molecule has 1 aromatic carbocycles. The molecular formula is C20H23N3O. The first kappa shape index (κ1) is 15.2. The highest BCUT2D eigenvalue weighted by Gasteiger charge is 2.16. The van der Waals surface area contributed by atoms with Crippen molar-refractivity contribution in [2.45, 2.75) is 25.7 Å². The first-order valence-corrected chi connectivity index (χ1v) is 8.78. The Bertz CT molecular complexity index is 810. The van der Waals surface area contributed by atoms with E-state index in [1.165, 1.54) is 27.7 Å². The van der Waals surface area contributed by atoms with E-state index in [4.69, 9.17) is 4.74 Å². The van der Waals surface area contributed by atoms with Gasteiger partial charge in [-0.3, -0.25) is 0 Å². The quantitative estimate of drug-likeness (QED) is 0.709. The van der Waals surface area contributed by atoms with E-state index in [1.807, 2.05) is 18.2 Å². The summed E-state index contributed by atoms with van der Waals surface area (Å²) in [7, 11) is 0. The van der Waals surface area contributed by atoms with E-state index in [2.05, 4.69) is 33.5 Å². The molecule has 0 fully saturated rings. The number of nitrogens with zero attached hydrogens (tertiary/aromatic N) is 1. The lowest BCUT2D eigenvalue weighted by Gasteiger charge is -2.08. The Morgan fingerprint density at radius 3 is 2.92 bits per heavy atom. The molecule has 0 radical (unpaired) electrons. The van der Waals surface area contributed by atoms with Gasteiger partial charge in [0.05, 0.1) is 6.61 Å². The third-order valence-corrected chi connectivity index (χ3v) is 4.68. The van der Waals surface area contributed by atoms with Gasteiger partial charge in [0.25, 0.3) is 0 Å². The van der Waals surface area contributed by atoms with Gasteiger partial charge in [-0.25, -0.2) is 4.98 Å². The maximum absolute atomic E-state index is 5.72. The minimum absolute atomic E-state index is 0.696. The van der Waals surface area contributed by atoms with E-state index in [9.17, 15) is 0 Å². The lowest BCUT2D eigenvalue weighted by Crippen LogP contribution is -2.16. The van der Waals surface area contributed by atoms with Crippen LogP contribution in [0.1, 0.15) is 23.2 Å². The summed E-state index contributed by atoms with van der Waals surface area (Å²) in [4.78, 5) is 7.83. The van der Waals surface area contributed by atoms with Gasteiger partial charge in [0.1, 0.15) is 0 Å².